The molecule has 0 aliphatic rings. The van der Waals surface area contributed by atoms with Gasteiger partial charge in [-0.25, -0.2) is 8.42 Å². The molecule has 10 heteroatoms. The molecule has 3 aromatic rings. The van der Waals surface area contributed by atoms with Gasteiger partial charge in [-0.2, -0.15) is 0 Å². The van der Waals surface area contributed by atoms with Gasteiger partial charge >= 0.3 is 0 Å². The van der Waals surface area contributed by atoms with Gasteiger partial charge in [0.25, 0.3) is 10.0 Å². The van der Waals surface area contributed by atoms with Gasteiger partial charge in [0.15, 0.2) is 0 Å². The molecule has 3 aromatic carbocycles. The number of amides is 2. The number of sulfonamides is 1. The summed E-state index contributed by atoms with van der Waals surface area (Å²) >= 11 is 9.76. The highest BCUT2D eigenvalue weighted by Gasteiger charge is 2.32. The van der Waals surface area contributed by atoms with Crippen molar-refractivity contribution in [3.05, 3.63) is 93.4 Å². The summed E-state index contributed by atoms with van der Waals surface area (Å²) in [6, 6.07) is 19.3. The Kier molecular flexibility index (Phi) is 10.6. The molecule has 0 radical (unpaired) electrons. The smallest absolute Gasteiger partial charge is 0.264 e. The van der Waals surface area contributed by atoms with E-state index in [4.69, 9.17) is 11.6 Å². The number of nitrogens with one attached hydrogen (secondary N) is 1. The second-order valence-corrected chi connectivity index (χ2v) is 12.9. The summed E-state index contributed by atoms with van der Waals surface area (Å²) in [5, 5.41) is 3.25. The van der Waals surface area contributed by atoms with E-state index in [1.54, 1.807) is 37.3 Å². The highest BCUT2D eigenvalue weighted by atomic mass is 79.9. The number of hydrogen-bond donors (Lipinski definition) is 1. The molecule has 0 aliphatic heterocycles. The van der Waals surface area contributed by atoms with E-state index in [1.165, 1.54) is 23.1 Å². The molecule has 0 aromatic heterocycles. The van der Waals surface area contributed by atoms with E-state index in [2.05, 4.69) is 21.2 Å². The zero-order valence-electron chi connectivity index (χ0n) is 22.4. The number of hydrogen-bond acceptors (Lipinski definition) is 4. The minimum Gasteiger partial charge on any atom is -0.354 e. The Morgan fingerprint density at radius 3 is 2.21 bits per heavy atom. The molecule has 0 fully saturated rings. The summed E-state index contributed by atoms with van der Waals surface area (Å²) in [6.45, 7) is 7.48. The van der Waals surface area contributed by atoms with E-state index < -0.39 is 28.5 Å². The number of rotatable bonds is 11. The maximum absolute atomic E-state index is 13.9. The van der Waals surface area contributed by atoms with Crippen LogP contribution in [-0.4, -0.2) is 44.3 Å². The molecule has 0 aliphatic carbocycles. The molecular weight excluding hydrogens is 602 g/mol. The minimum absolute atomic E-state index is 0.0386. The van der Waals surface area contributed by atoms with Gasteiger partial charge in [0, 0.05) is 22.6 Å². The molecule has 0 heterocycles. The summed E-state index contributed by atoms with van der Waals surface area (Å²) < 4.78 is 29.5. The van der Waals surface area contributed by atoms with Crippen molar-refractivity contribution < 1.29 is 18.0 Å². The molecule has 2 amide bonds. The minimum atomic E-state index is -4.14. The lowest BCUT2D eigenvalue weighted by molar-refractivity contribution is -0.139. The van der Waals surface area contributed by atoms with Gasteiger partial charge in [0.05, 0.1) is 10.6 Å². The van der Waals surface area contributed by atoms with Crippen LogP contribution in [0, 0.1) is 12.8 Å². The predicted octanol–water partition coefficient (Wildman–Crippen LogP) is 5.80. The SMILES string of the molecule is Cc1ccc(N(CC(=O)N(Cc2ccc(Br)cc2)[C@H](C)C(=O)NCC(C)C)S(=O)(=O)c2ccccc2)cc1Cl. The van der Waals surface area contributed by atoms with E-state index in [-0.39, 0.29) is 29.0 Å². The topological polar surface area (TPSA) is 86.8 Å². The summed E-state index contributed by atoms with van der Waals surface area (Å²) in [5.41, 5.74) is 1.82. The van der Waals surface area contributed by atoms with Crippen molar-refractivity contribution in [1.82, 2.24) is 10.2 Å². The van der Waals surface area contributed by atoms with Crippen LogP contribution in [0.1, 0.15) is 31.9 Å². The van der Waals surface area contributed by atoms with Gasteiger partial charge in [0.1, 0.15) is 12.6 Å². The zero-order chi connectivity index (χ0) is 28.7. The molecule has 0 spiro atoms. The maximum Gasteiger partial charge on any atom is 0.264 e. The third-order valence-corrected chi connectivity index (χ3v) is 8.90. The van der Waals surface area contributed by atoms with Crippen LogP contribution in [0.15, 0.2) is 82.2 Å². The van der Waals surface area contributed by atoms with Crippen LogP contribution >= 0.6 is 27.5 Å². The van der Waals surface area contributed by atoms with Gasteiger partial charge < -0.3 is 10.2 Å². The Morgan fingerprint density at radius 2 is 1.62 bits per heavy atom. The van der Waals surface area contributed by atoms with Crippen LogP contribution in [0.5, 0.6) is 0 Å². The van der Waals surface area contributed by atoms with Crippen LogP contribution in [0.3, 0.4) is 0 Å². The third kappa shape index (κ3) is 8.06. The number of carbonyl (C=O) groups excluding carboxylic acids is 2. The van der Waals surface area contributed by atoms with Crippen molar-refractivity contribution in [3.63, 3.8) is 0 Å². The standard InChI is InChI=1S/C29H33BrClN3O4S/c1-20(2)17-32-29(36)22(4)33(18-23-11-13-24(30)14-12-23)28(35)19-34(25-15-10-21(3)27(31)16-25)39(37,38)26-8-6-5-7-9-26/h5-16,20,22H,17-19H2,1-4H3,(H,32,36)/t22-/m1/s1. The lowest BCUT2D eigenvalue weighted by Crippen LogP contribution is -2.51. The monoisotopic (exact) mass is 633 g/mol. The Hall–Kier alpha value is -2.88. The number of halogens is 2. The first kappa shape index (κ1) is 30.7. The normalized spacial score (nSPS) is 12.2. The molecular formula is C29H33BrClN3O4S. The van der Waals surface area contributed by atoms with Gasteiger partial charge in [0.2, 0.25) is 11.8 Å². The largest absolute Gasteiger partial charge is 0.354 e. The van der Waals surface area contributed by atoms with Gasteiger partial charge in [-0.15, -0.1) is 0 Å². The lowest BCUT2D eigenvalue weighted by atomic mass is 10.1. The first-order chi connectivity index (χ1) is 18.4. The summed E-state index contributed by atoms with van der Waals surface area (Å²) in [4.78, 5) is 28.4. The highest BCUT2D eigenvalue weighted by Crippen LogP contribution is 2.28. The van der Waals surface area contributed by atoms with Gasteiger partial charge in [-0.1, -0.05) is 77.8 Å². The molecule has 39 heavy (non-hydrogen) atoms. The van der Waals surface area contributed by atoms with E-state index in [0.29, 0.717) is 11.6 Å². The first-order valence-corrected chi connectivity index (χ1v) is 15.2. The number of benzene rings is 3. The van der Waals surface area contributed by atoms with Crippen molar-refractivity contribution in [2.75, 3.05) is 17.4 Å². The molecule has 7 nitrogen and oxygen atoms in total. The fourth-order valence-electron chi connectivity index (χ4n) is 3.81. The Labute approximate surface area is 244 Å². The van der Waals surface area contributed by atoms with E-state index in [1.807, 2.05) is 45.0 Å². The van der Waals surface area contributed by atoms with Gasteiger partial charge in [-0.3, -0.25) is 13.9 Å². The molecule has 0 unspecified atom stereocenters. The number of nitrogens with zero attached hydrogens (tertiary/aromatic N) is 2. The molecule has 0 saturated heterocycles. The summed E-state index contributed by atoms with van der Waals surface area (Å²) in [5.74, 6) is -0.610. The second kappa shape index (κ2) is 13.5. The van der Waals surface area contributed by atoms with Crippen molar-refractivity contribution in [2.45, 2.75) is 45.2 Å². The summed E-state index contributed by atoms with van der Waals surface area (Å²) in [7, 11) is -4.14. The Bertz CT molecular complexity index is 1400. The van der Waals surface area contributed by atoms with Crippen LogP contribution in [0.25, 0.3) is 0 Å². The molecule has 0 bridgehead atoms. The van der Waals surface area contributed by atoms with Crippen LogP contribution in [0.2, 0.25) is 5.02 Å². The fourth-order valence-corrected chi connectivity index (χ4v) is 5.67. The number of aryl methyl sites for hydroxylation is 1. The third-order valence-electron chi connectivity index (χ3n) is 6.17. The molecule has 3 rings (SSSR count). The number of carbonyl (C=O) groups is 2. The van der Waals surface area contributed by atoms with E-state index >= 15 is 0 Å². The fraction of sp³-hybridized carbons (Fsp3) is 0.310. The van der Waals surface area contributed by atoms with Crippen molar-refractivity contribution in [3.8, 4) is 0 Å². The quantitative estimate of drug-likeness (QED) is 0.289. The lowest BCUT2D eigenvalue weighted by Gasteiger charge is -2.32. The first-order valence-electron chi connectivity index (χ1n) is 12.6. The molecule has 0 saturated carbocycles. The molecule has 1 atom stereocenters. The average molecular weight is 635 g/mol. The van der Waals surface area contributed by atoms with Crippen molar-refractivity contribution in [2.24, 2.45) is 5.92 Å². The number of anilines is 1. The predicted molar refractivity (Wildman–Crippen MR) is 159 cm³/mol. The van der Waals surface area contributed by atoms with E-state index in [9.17, 15) is 18.0 Å². The molecule has 1 N–H and O–H groups in total. The Morgan fingerprint density at radius 1 is 0.974 bits per heavy atom. The van der Waals surface area contributed by atoms with Crippen molar-refractivity contribution >= 4 is 55.1 Å². The average Bonchev–Trinajstić information content (AvgIpc) is 2.91. The zero-order valence-corrected chi connectivity index (χ0v) is 25.6. The second-order valence-electron chi connectivity index (χ2n) is 9.72. The van der Waals surface area contributed by atoms with E-state index in [0.717, 1.165) is 19.9 Å². The van der Waals surface area contributed by atoms with Crippen LogP contribution in [-0.2, 0) is 26.2 Å². The molecule has 208 valence electrons. The highest BCUT2D eigenvalue weighted by molar-refractivity contribution is 9.10. The van der Waals surface area contributed by atoms with Crippen LogP contribution < -0.4 is 9.62 Å². The maximum atomic E-state index is 13.9. The summed E-state index contributed by atoms with van der Waals surface area (Å²) in [6.07, 6.45) is 0. The Balaban J connectivity index is 2.02. The van der Waals surface area contributed by atoms with Crippen molar-refractivity contribution in [1.29, 1.82) is 0 Å². The van der Waals surface area contributed by atoms with Crippen LogP contribution in [0.4, 0.5) is 5.69 Å². The van der Waals surface area contributed by atoms with Gasteiger partial charge in [-0.05, 0) is 67.3 Å².